The number of anilines is 1. The fourth-order valence-corrected chi connectivity index (χ4v) is 4.20. The molecule has 3 rings (SSSR count). The number of hydrogen-bond acceptors (Lipinski definition) is 1. The van der Waals surface area contributed by atoms with Gasteiger partial charge in [0.05, 0.1) is 5.56 Å². The van der Waals surface area contributed by atoms with Crippen molar-refractivity contribution in [3.8, 4) is 0 Å². The van der Waals surface area contributed by atoms with Gasteiger partial charge in [-0.25, -0.2) is 0 Å². The first kappa shape index (κ1) is 22.1. The maximum atomic E-state index is 14.1. The van der Waals surface area contributed by atoms with Gasteiger partial charge < -0.3 is 10.6 Å². The third-order valence-corrected chi connectivity index (χ3v) is 5.62. The van der Waals surface area contributed by atoms with Crippen LogP contribution in [0.25, 0.3) is 5.73 Å². The lowest BCUT2D eigenvalue weighted by molar-refractivity contribution is -0.184. The molecule has 0 saturated carbocycles. The maximum Gasteiger partial charge on any atom is 0.416 e. The fraction of sp³-hybridized carbons (Fsp3) is 0.368. The zero-order valence-electron chi connectivity index (χ0n) is 14.8. The summed E-state index contributed by atoms with van der Waals surface area (Å²) in [5.74, 6) is 0. The van der Waals surface area contributed by atoms with E-state index in [1.807, 2.05) is 0 Å². The van der Waals surface area contributed by atoms with Gasteiger partial charge in [0.2, 0.25) is 0 Å². The van der Waals surface area contributed by atoms with Crippen molar-refractivity contribution in [1.29, 1.82) is 0 Å². The molecule has 0 spiro atoms. The molecule has 29 heavy (non-hydrogen) atoms. The Balaban J connectivity index is 2.04. The molecule has 0 aromatic heterocycles. The molecular weight excluding hydrogens is 441 g/mol. The van der Waals surface area contributed by atoms with Crippen LogP contribution in [0.3, 0.4) is 0 Å². The summed E-state index contributed by atoms with van der Waals surface area (Å²) in [6.45, 7) is -1.24. The van der Waals surface area contributed by atoms with Gasteiger partial charge in [-0.2, -0.15) is 26.3 Å². The average Bonchev–Trinajstić information content (AvgIpc) is 3.06. The number of nitrogens with one attached hydrogen (secondary N) is 1. The van der Waals surface area contributed by atoms with Crippen LogP contribution in [0.1, 0.15) is 23.1 Å². The number of hydrogen-bond donors (Lipinski definition) is 0. The van der Waals surface area contributed by atoms with Crippen molar-refractivity contribution in [3.05, 3.63) is 68.9 Å². The Morgan fingerprint density at radius 2 is 1.59 bits per heavy atom. The van der Waals surface area contributed by atoms with Gasteiger partial charge in [0.25, 0.3) is 0 Å². The molecule has 2 aromatic carbocycles. The topological polar surface area (TPSA) is 27.0 Å². The zero-order chi connectivity index (χ0) is 21.6. The minimum Gasteiger partial charge on any atom is -0.674 e. The minimum absolute atomic E-state index is 0.0220. The van der Waals surface area contributed by atoms with Gasteiger partial charge in [0.1, 0.15) is 5.41 Å². The van der Waals surface area contributed by atoms with E-state index in [2.05, 4.69) is 0 Å². The lowest BCUT2D eigenvalue weighted by atomic mass is 9.79. The molecule has 1 unspecified atom stereocenters. The standard InChI is InChI=1S/C19H15Cl2F6N2/c20-13-5-12(6-14(21)7-13)17(19(25,26)27)3-4-29(10-17)15-2-1-11(9-28)16(8-15)18(22,23)24/h1-2,5-8,28H,3-4,9-10H2/q-1. The molecule has 0 radical (unpaired) electrons. The molecule has 1 fully saturated rings. The summed E-state index contributed by atoms with van der Waals surface area (Å²) in [5, 5.41) is 0.0995. The van der Waals surface area contributed by atoms with Crippen LogP contribution in [0.2, 0.25) is 10.0 Å². The van der Waals surface area contributed by atoms with Crippen LogP contribution in [0.5, 0.6) is 0 Å². The Hall–Kier alpha value is -1.64. The Kier molecular flexibility index (Phi) is 5.75. The second kappa shape index (κ2) is 7.56. The summed E-state index contributed by atoms with van der Waals surface area (Å²) in [5.41, 5.74) is 3.60. The van der Waals surface area contributed by atoms with Crippen molar-refractivity contribution in [2.45, 2.75) is 30.7 Å². The van der Waals surface area contributed by atoms with Crippen LogP contribution in [0.4, 0.5) is 32.0 Å². The molecule has 1 aliphatic rings. The summed E-state index contributed by atoms with van der Waals surface area (Å²) < 4.78 is 82.2. The van der Waals surface area contributed by atoms with Crippen molar-refractivity contribution < 1.29 is 26.3 Å². The van der Waals surface area contributed by atoms with E-state index in [1.54, 1.807) is 0 Å². The summed E-state index contributed by atoms with van der Waals surface area (Å²) in [4.78, 5) is 1.27. The predicted molar refractivity (Wildman–Crippen MR) is 100 cm³/mol. The number of rotatable bonds is 3. The van der Waals surface area contributed by atoms with Crippen LogP contribution in [0, 0.1) is 0 Å². The van der Waals surface area contributed by atoms with Crippen LogP contribution < -0.4 is 4.90 Å². The Morgan fingerprint density at radius 3 is 2.10 bits per heavy atom. The molecule has 2 aromatic rings. The summed E-state index contributed by atoms with van der Waals surface area (Å²) in [6.07, 6.45) is -9.72. The van der Waals surface area contributed by atoms with E-state index in [9.17, 15) is 26.3 Å². The van der Waals surface area contributed by atoms with Gasteiger partial charge in [0.15, 0.2) is 0 Å². The first-order chi connectivity index (χ1) is 13.4. The molecule has 0 amide bonds. The van der Waals surface area contributed by atoms with Crippen LogP contribution in [-0.4, -0.2) is 19.3 Å². The number of benzene rings is 2. The zero-order valence-corrected chi connectivity index (χ0v) is 16.3. The molecular formula is C19H15Cl2F6N2-. The van der Waals surface area contributed by atoms with Crippen molar-refractivity contribution in [2.75, 3.05) is 18.0 Å². The predicted octanol–water partition coefficient (Wildman–Crippen LogP) is 7.27. The second-order valence-electron chi connectivity index (χ2n) is 6.93. The highest BCUT2D eigenvalue weighted by molar-refractivity contribution is 6.34. The highest BCUT2D eigenvalue weighted by atomic mass is 35.5. The van der Waals surface area contributed by atoms with E-state index in [1.165, 1.54) is 29.2 Å². The van der Waals surface area contributed by atoms with Crippen LogP contribution >= 0.6 is 23.2 Å². The van der Waals surface area contributed by atoms with E-state index in [-0.39, 0.29) is 39.8 Å². The number of alkyl halides is 6. The lowest BCUT2D eigenvalue weighted by Crippen LogP contribution is -2.44. The molecule has 1 N–H and O–H groups in total. The van der Waals surface area contributed by atoms with E-state index >= 15 is 0 Å². The lowest BCUT2D eigenvalue weighted by Gasteiger charge is -2.33. The third kappa shape index (κ3) is 4.15. The largest absolute Gasteiger partial charge is 0.674 e. The Morgan fingerprint density at radius 1 is 0.966 bits per heavy atom. The first-order valence-electron chi connectivity index (χ1n) is 8.50. The molecule has 1 aliphatic heterocycles. The monoisotopic (exact) mass is 455 g/mol. The minimum atomic E-state index is -4.70. The normalized spacial score (nSPS) is 20.4. The van der Waals surface area contributed by atoms with Gasteiger partial charge in [-0.05, 0) is 42.3 Å². The van der Waals surface area contributed by atoms with E-state index in [0.717, 1.165) is 12.1 Å². The molecule has 1 heterocycles. The Labute approximate surface area is 173 Å². The molecule has 1 atom stereocenters. The van der Waals surface area contributed by atoms with Gasteiger partial charge in [-0.3, -0.25) is 0 Å². The molecule has 10 heteroatoms. The summed E-state index contributed by atoms with van der Waals surface area (Å²) in [7, 11) is 0. The Bertz CT molecular complexity index is 892. The van der Waals surface area contributed by atoms with Crippen molar-refractivity contribution in [3.63, 3.8) is 0 Å². The van der Waals surface area contributed by atoms with E-state index in [0.29, 0.717) is 0 Å². The smallest absolute Gasteiger partial charge is 0.416 e. The third-order valence-electron chi connectivity index (χ3n) is 5.18. The molecule has 2 nitrogen and oxygen atoms in total. The maximum absolute atomic E-state index is 14.1. The van der Waals surface area contributed by atoms with Crippen molar-refractivity contribution in [1.82, 2.24) is 0 Å². The highest BCUT2D eigenvalue weighted by Crippen LogP contribution is 2.50. The second-order valence-corrected chi connectivity index (χ2v) is 7.80. The quantitative estimate of drug-likeness (QED) is 0.446. The molecule has 0 bridgehead atoms. The number of nitrogens with zero attached hydrogens (tertiary/aromatic N) is 1. The van der Waals surface area contributed by atoms with Crippen molar-refractivity contribution >= 4 is 28.9 Å². The fourth-order valence-electron chi connectivity index (χ4n) is 3.67. The van der Waals surface area contributed by atoms with Gasteiger partial charge >= 0.3 is 12.4 Å². The molecule has 1 saturated heterocycles. The van der Waals surface area contributed by atoms with E-state index < -0.39 is 36.4 Å². The average molecular weight is 456 g/mol. The summed E-state index contributed by atoms with van der Waals surface area (Å²) in [6, 6.07) is 6.95. The van der Waals surface area contributed by atoms with Gasteiger partial charge in [-0.15, -0.1) is 6.54 Å². The van der Waals surface area contributed by atoms with E-state index in [4.69, 9.17) is 28.9 Å². The summed E-state index contributed by atoms with van der Waals surface area (Å²) >= 11 is 11.8. The van der Waals surface area contributed by atoms with Crippen molar-refractivity contribution in [2.24, 2.45) is 0 Å². The highest BCUT2D eigenvalue weighted by Gasteiger charge is 2.59. The molecule has 158 valence electrons. The van der Waals surface area contributed by atoms with Gasteiger partial charge in [0, 0.05) is 28.8 Å². The van der Waals surface area contributed by atoms with Gasteiger partial charge in [-0.1, -0.05) is 34.8 Å². The first-order valence-corrected chi connectivity index (χ1v) is 9.26. The van der Waals surface area contributed by atoms with Crippen LogP contribution in [0.15, 0.2) is 36.4 Å². The van der Waals surface area contributed by atoms with Crippen LogP contribution in [-0.2, 0) is 18.1 Å². The SMILES string of the molecule is [NH-]Cc1ccc(N2CCC(c3cc(Cl)cc(Cl)c3)(C(F)(F)F)C2)cc1C(F)(F)F. The number of halogens is 8. The molecule has 0 aliphatic carbocycles.